The molecule has 0 aliphatic rings. The molecule has 0 aliphatic heterocycles. The number of allylic oxidation sites excluding steroid dienone is 1. The molecule has 0 spiro atoms. The van der Waals surface area contributed by atoms with Crippen molar-refractivity contribution in [2.75, 3.05) is 0 Å². The van der Waals surface area contributed by atoms with E-state index in [-0.39, 0.29) is 6.04 Å². The van der Waals surface area contributed by atoms with E-state index in [0.717, 1.165) is 37.4 Å². The fraction of sp³-hybridized carbons (Fsp3) is 0.500. The minimum absolute atomic E-state index is 0.275. The summed E-state index contributed by atoms with van der Waals surface area (Å²) in [7, 11) is 2.04. The van der Waals surface area contributed by atoms with Gasteiger partial charge in [0.15, 0.2) is 0 Å². The Kier molecular flexibility index (Phi) is 5.33. The van der Waals surface area contributed by atoms with Crippen LogP contribution in [0.5, 0.6) is 0 Å². The van der Waals surface area contributed by atoms with E-state index in [1.54, 1.807) is 0 Å². The predicted octanol–water partition coefficient (Wildman–Crippen LogP) is 2.74. The molecule has 0 radical (unpaired) electrons. The van der Waals surface area contributed by atoms with E-state index in [0.29, 0.717) is 0 Å². The van der Waals surface area contributed by atoms with Gasteiger partial charge >= 0.3 is 0 Å². The van der Waals surface area contributed by atoms with Gasteiger partial charge in [0.1, 0.15) is 5.82 Å². The Hall–Kier alpha value is -1.88. The molecule has 0 saturated heterocycles. The van der Waals surface area contributed by atoms with Gasteiger partial charge < -0.3 is 9.88 Å². The van der Waals surface area contributed by atoms with Crippen LogP contribution in [0.25, 0.3) is 0 Å². The monoisotopic (exact) mass is 287 g/mol. The first-order valence-electron chi connectivity index (χ1n) is 7.50. The van der Waals surface area contributed by atoms with Gasteiger partial charge in [-0.3, -0.25) is 4.68 Å². The van der Waals surface area contributed by atoms with Gasteiger partial charge in [-0.05, 0) is 13.3 Å². The van der Waals surface area contributed by atoms with E-state index < -0.39 is 0 Å². The molecule has 1 atom stereocenters. The number of rotatable bonds is 8. The van der Waals surface area contributed by atoms with Crippen LogP contribution >= 0.6 is 0 Å². The highest BCUT2D eigenvalue weighted by molar-refractivity contribution is 5.16. The third kappa shape index (κ3) is 3.82. The second-order valence-electron chi connectivity index (χ2n) is 5.37. The van der Waals surface area contributed by atoms with E-state index in [4.69, 9.17) is 0 Å². The number of imidazole rings is 1. The van der Waals surface area contributed by atoms with Gasteiger partial charge in [0.05, 0.1) is 18.3 Å². The molecule has 2 aromatic heterocycles. The molecule has 2 aromatic rings. The smallest absolute Gasteiger partial charge is 0.125 e. The van der Waals surface area contributed by atoms with Crippen molar-refractivity contribution in [2.45, 2.75) is 45.8 Å². The van der Waals surface area contributed by atoms with Gasteiger partial charge in [0, 0.05) is 37.7 Å². The lowest BCUT2D eigenvalue weighted by molar-refractivity contribution is 0.459. The van der Waals surface area contributed by atoms with Crippen molar-refractivity contribution in [3.05, 3.63) is 48.3 Å². The zero-order valence-electron chi connectivity index (χ0n) is 13.2. The minimum atomic E-state index is 0.275. The lowest BCUT2D eigenvalue weighted by atomic mass is 10.1. The fourth-order valence-electron chi connectivity index (χ4n) is 2.52. The van der Waals surface area contributed by atoms with Crippen LogP contribution in [0, 0.1) is 6.92 Å². The molecule has 0 unspecified atom stereocenters. The second-order valence-corrected chi connectivity index (χ2v) is 5.37. The van der Waals surface area contributed by atoms with Crippen molar-refractivity contribution in [1.29, 1.82) is 0 Å². The summed E-state index contributed by atoms with van der Waals surface area (Å²) in [5.41, 5.74) is 2.30. The van der Waals surface area contributed by atoms with Gasteiger partial charge in [0.25, 0.3) is 0 Å². The molecule has 2 rings (SSSR count). The predicted molar refractivity (Wildman–Crippen MR) is 84.9 cm³/mol. The summed E-state index contributed by atoms with van der Waals surface area (Å²) in [4.78, 5) is 4.47. The summed E-state index contributed by atoms with van der Waals surface area (Å²) in [6.45, 7) is 9.55. The highest BCUT2D eigenvalue weighted by Gasteiger charge is 2.15. The molecular formula is C16H25N5. The van der Waals surface area contributed by atoms with E-state index in [1.165, 1.54) is 5.56 Å². The molecule has 114 valence electrons. The second kappa shape index (κ2) is 7.22. The molecule has 5 nitrogen and oxygen atoms in total. The zero-order chi connectivity index (χ0) is 15.2. The molecule has 5 heteroatoms. The Balaban J connectivity index is 2.05. The summed E-state index contributed by atoms with van der Waals surface area (Å²) >= 11 is 0. The van der Waals surface area contributed by atoms with Crippen LogP contribution in [-0.4, -0.2) is 19.3 Å². The van der Waals surface area contributed by atoms with Crippen LogP contribution in [0.3, 0.4) is 0 Å². The lowest BCUT2D eigenvalue weighted by Gasteiger charge is -2.17. The first kappa shape index (κ1) is 15.5. The molecule has 0 bridgehead atoms. The third-order valence-electron chi connectivity index (χ3n) is 3.65. The van der Waals surface area contributed by atoms with Crippen molar-refractivity contribution in [1.82, 2.24) is 24.6 Å². The number of nitrogens with zero attached hydrogens (tertiary/aromatic N) is 4. The maximum Gasteiger partial charge on any atom is 0.125 e. The van der Waals surface area contributed by atoms with Crippen LogP contribution in [0.4, 0.5) is 0 Å². The van der Waals surface area contributed by atoms with Crippen LogP contribution in [0.1, 0.15) is 42.9 Å². The maximum atomic E-state index is 4.49. The van der Waals surface area contributed by atoms with E-state index >= 15 is 0 Å². The van der Waals surface area contributed by atoms with E-state index in [9.17, 15) is 0 Å². The average Bonchev–Trinajstić information content (AvgIpc) is 3.02. The Morgan fingerprint density at radius 2 is 2.29 bits per heavy atom. The van der Waals surface area contributed by atoms with Gasteiger partial charge in [0.2, 0.25) is 0 Å². The van der Waals surface area contributed by atoms with Crippen molar-refractivity contribution >= 4 is 0 Å². The Morgan fingerprint density at radius 1 is 1.48 bits per heavy atom. The van der Waals surface area contributed by atoms with Crippen molar-refractivity contribution in [2.24, 2.45) is 7.05 Å². The first-order chi connectivity index (χ1) is 10.2. The molecule has 21 heavy (non-hydrogen) atoms. The van der Waals surface area contributed by atoms with Crippen LogP contribution in [0.2, 0.25) is 0 Å². The largest absolute Gasteiger partial charge is 0.337 e. The lowest BCUT2D eigenvalue weighted by Crippen LogP contribution is -2.23. The molecule has 0 fully saturated rings. The van der Waals surface area contributed by atoms with Crippen molar-refractivity contribution in [3.63, 3.8) is 0 Å². The van der Waals surface area contributed by atoms with Crippen LogP contribution < -0.4 is 5.32 Å². The standard InChI is InChI=1S/C16H25N5/c1-5-7-15(16-17-8-10-20(16)4)18-11-14-12-21(9-6-2)19-13(14)3/h6,8,10,12,15,18H,2,5,7,9,11H2,1,3-4H3/t15-/m1/s1. The summed E-state index contributed by atoms with van der Waals surface area (Å²) in [5, 5.41) is 8.10. The molecule has 0 saturated carbocycles. The van der Waals surface area contributed by atoms with Gasteiger partial charge in [-0.15, -0.1) is 6.58 Å². The summed E-state index contributed by atoms with van der Waals surface area (Å²) in [6.07, 6.45) is 9.99. The quantitative estimate of drug-likeness (QED) is 0.759. The highest BCUT2D eigenvalue weighted by Crippen LogP contribution is 2.17. The number of aryl methyl sites for hydroxylation is 2. The third-order valence-corrected chi connectivity index (χ3v) is 3.65. The van der Waals surface area contributed by atoms with Crippen LogP contribution in [0.15, 0.2) is 31.2 Å². The average molecular weight is 287 g/mol. The SMILES string of the molecule is C=CCn1cc(CN[C@H](CCC)c2nccn2C)c(C)n1. The number of hydrogen-bond acceptors (Lipinski definition) is 3. The maximum absolute atomic E-state index is 4.49. The molecule has 0 aliphatic carbocycles. The molecular weight excluding hydrogens is 262 g/mol. The van der Waals surface area contributed by atoms with Gasteiger partial charge in [-0.25, -0.2) is 4.98 Å². The van der Waals surface area contributed by atoms with Crippen molar-refractivity contribution < 1.29 is 0 Å². The number of hydrogen-bond donors (Lipinski definition) is 1. The van der Waals surface area contributed by atoms with Crippen LogP contribution in [-0.2, 0) is 20.1 Å². The van der Waals surface area contributed by atoms with Gasteiger partial charge in [-0.2, -0.15) is 5.10 Å². The molecule has 2 heterocycles. The fourth-order valence-corrected chi connectivity index (χ4v) is 2.52. The zero-order valence-corrected chi connectivity index (χ0v) is 13.2. The molecule has 1 N–H and O–H groups in total. The topological polar surface area (TPSA) is 47.7 Å². The Bertz CT molecular complexity index is 581. The Morgan fingerprint density at radius 3 is 2.90 bits per heavy atom. The first-order valence-corrected chi connectivity index (χ1v) is 7.50. The van der Waals surface area contributed by atoms with E-state index in [1.807, 2.05) is 37.1 Å². The summed E-state index contributed by atoms with van der Waals surface area (Å²) in [6, 6.07) is 0.275. The molecule has 0 amide bonds. The Labute approximate surface area is 126 Å². The van der Waals surface area contributed by atoms with E-state index in [2.05, 4.69) is 39.7 Å². The molecule has 0 aromatic carbocycles. The highest BCUT2D eigenvalue weighted by atomic mass is 15.3. The summed E-state index contributed by atoms with van der Waals surface area (Å²) in [5.74, 6) is 1.09. The normalized spacial score (nSPS) is 12.5. The van der Waals surface area contributed by atoms with Gasteiger partial charge in [-0.1, -0.05) is 19.4 Å². The number of aromatic nitrogens is 4. The number of nitrogens with one attached hydrogen (secondary N) is 1. The summed E-state index contributed by atoms with van der Waals surface area (Å²) < 4.78 is 4.01. The van der Waals surface area contributed by atoms with Crippen molar-refractivity contribution in [3.8, 4) is 0 Å². The minimum Gasteiger partial charge on any atom is -0.337 e.